The maximum absolute atomic E-state index is 13.6. The number of methoxy groups -OCH3 is 1. The maximum Gasteiger partial charge on any atom is 0.423 e. The van der Waals surface area contributed by atoms with E-state index in [2.05, 4.69) is 26.8 Å². The summed E-state index contributed by atoms with van der Waals surface area (Å²) in [6, 6.07) is 24.1. The molecule has 0 fully saturated rings. The van der Waals surface area contributed by atoms with Crippen LogP contribution in [0.3, 0.4) is 0 Å². The maximum atomic E-state index is 13.6. The summed E-state index contributed by atoms with van der Waals surface area (Å²) in [5.41, 5.74) is 3.20. The first kappa shape index (κ1) is 25.0. The lowest BCUT2D eigenvalue weighted by Gasteiger charge is -2.26. The van der Waals surface area contributed by atoms with Gasteiger partial charge in [-0.1, -0.05) is 87.5 Å². The monoisotopic (exact) mass is 481 g/mol. The molecule has 1 unspecified atom stereocenters. The first-order valence-corrected chi connectivity index (χ1v) is 12.0. The molecule has 0 bridgehead atoms. The molecule has 3 aromatic rings. The fourth-order valence-corrected chi connectivity index (χ4v) is 4.23. The third-order valence-electron chi connectivity index (χ3n) is 6.14. The molecule has 1 aliphatic rings. The second-order valence-corrected chi connectivity index (χ2v) is 9.80. The van der Waals surface area contributed by atoms with Gasteiger partial charge in [0.25, 0.3) is 0 Å². The van der Waals surface area contributed by atoms with Crippen LogP contribution in [0.5, 0.6) is 11.5 Å². The van der Waals surface area contributed by atoms with E-state index in [9.17, 15) is 9.59 Å². The van der Waals surface area contributed by atoms with Gasteiger partial charge in [-0.15, -0.1) is 0 Å². The number of ketones is 1. The highest BCUT2D eigenvalue weighted by Crippen LogP contribution is 2.34. The molecule has 1 amide bonds. The number of rotatable bonds is 6. The summed E-state index contributed by atoms with van der Waals surface area (Å²) >= 11 is 0. The smallest absolute Gasteiger partial charge is 0.423 e. The zero-order valence-corrected chi connectivity index (χ0v) is 21.1. The van der Waals surface area contributed by atoms with Gasteiger partial charge in [-0.2, -0.15) is 0 Å². The van der Waals surface area contributed by atoms with Crippen LogP contribution >= 0.6 is 0 Å². The topological polar surface area (TPSA) is 55.8 Å². The number of carbonyl (C=O) groups excluding carboxylic acids is 2. The molecule has 0 radical (unpaired) electrons. The van der Waals surface area contributed by atoms with Crippen LogP contribution in [-0.4, -0.2) is 23.9 Å². The van der Waals surface area contributed by atoms with Crippen molar-refractivity contribution < 1.29 is 19.1 Å². The Balaban J connectivity index is 1.65. The SMILES string of the molecule is COc1ccc(CC2C=CN(C(=O)Oc3ccccc3)C=C2C(=O)c2ccccc2)cc1C(C)(C)C. The fourth-order valence-electron chi connectivity index (χ4n) is 4.23. The van der Waals surface area contributed by atoms with Gasteiger partial charge in [-0.05, 0) is 41.2 Å². The standard InChI is InChI=1S/C31H31NO4/c1-31(2,3)27-20-22(15-16-28(27)35-4)19-24-17-18-32(30(34)36-25-13-9-6-10-14-25)21-26(24)29(33)23-11-7-5-8-12-23/h5-18,20-21,24H,19H2,1-4H3. The molecule has 1 aliphatic heterocycles. The Bertz CT molecular complexity index is 1290. The van der Waals surface area contributed by atoms with Crippen LogP contribution in [0.25, 0.3) is 0 Å². The van der Waals surface area contributed by atoms with E-state index >= 15 is 0 Å². The zero-order valence-electron chi connectivity index (χ0n) is 21.1. The molecule has 1 heterocycles. The summed E-state index contributed by atoms with van der Waals surface area (Å²) in [4.78, 5) is 27.7. The van der Waals surface area contributed by atoms with E-state index in [0.29, 0.717) is 23.3 Å². The van der Waals surface area contributed by atoms with Gasteiger partial charge in [0.05, 0.1) is 7.11 Å². The molecule has 184 valence electrons. The Kier molecular flexibility index (Phi) is 7.39. The minimum absolute atomic E-state index is 0.0969. The minimum atomic E-state index is -0.575. The summed E-state index contributed by atoms with van der Waals surface area (Å²) in [5.74, 6) is 0.957. The van der Waals surface area contributed by atoms with Crippen LogP contribution in [0.1, 0.15) is 42.3 Å². The van der Waals surface area contributed by atoms with E-state index in [1.165, 1.54) is 4.90 Å². The normalized spacial score (nSPS) is 15.3. The molecule has 0 saturated heterocycles. The van der Waals surface area contributed by atoms with E-state index < -0.39 is 6.09 Å². The highest BCUT2D eigenvalue weighted by Gasteiger charge is 2.28. The van der Waals surface area contributed by atoms with Crippen LogP contribution < -0.4 is 9.47 Å². The predicted octanol–water partition coefficient (Wildman–Crippen LogP) is 6.95. The zero-order chi connectivity index (χ0) is 25.7. The predicted molar refractivity (Wildman–Crippen MR) is 141 cm³/mol. The highest BCUT2D eigenvalue weighted by atomic mass is 16.6. The lowest BCUT2D eigenvalue weighted by molar-refractivity contribution is 0.102. The number of nitrogens with zero attached hydrogens (tertiary/aromatic N) is 1. The van der Waals surface area contributed by atoms with E-state index in [4.69, 9.17) is 9.47 Å². The second kappa shape index (κ2) is 10.6. The van der Waals surface area contributed by atoms with Gasteiger partial charge in [0.2, 0.25) is 0 Å². The number of ether oxygens (including phenoxy) is 2. The number of allylic oxidation sites excluding steroid dienone is 2. The average Bonchev–Trinajstić information content (AvgIpc) is 2.89. The molecule has 36 heavy (non-hydrogen) atoms. The summed E-state index contributed by atoms with van der Waals surface area (Å²) in [7, 11) is 1.68. The molecule has 0 saturated carbocycles. The van der Waals surface area contributed by atoms with Crippen molar-refractivity contribution in [2.45, 2.75) is 32.6 Å². The molecular formula is C31H31NO4. The van der Waals surface area contributed by atoms with Crippen molar-refractivity contribution in [2.75, 3.05) is 7.11 Å². The Morgan fingerprint density at radius 2 is 1.58 bits per heavy atom. The quantitative estimate of drug-likeness (QED) is 0.358. The lowest BCUT2D eigenvalue weighted by Crippen LogP contribution is -2.30. The van der Waals surface area contributed by atoms with Gasteiger partial charge < -0.3 is 9.47 Å². The number of Topliss-reactive ketones (excluding diaryl/α,β-unsaturated/α-hetero) is 1. The van der Waals surface area contributed by atoms with Crippen molar-refractivity contribution in [3.63, 3.8) is 0 Å². The molecular weight excluding hydrogens is 450 g/mol. The van der Waals surface area contributed by atoms with Crippen molar-refractivity contribution >= 4 is 11.9 Å². The minimum Gasteiger partial charge on any atom is -0.496 e. The first-order chi connectivity index (χ1) is 17.3. The van der Waals surface area contributed by atoms with Crippen LogP contribution in [0.4, 0.5) is 4.79 Å². The molecule has 5 heteroatoms. The van der Waals surface area contributed by atoms with Crippen molar-refractivity contribution in [1.82, 2.24) is 4.90 Å². The van der Waals surface area contributed by atoms with E-state index in [1.54, 1.807) is 55.9 Å². The van der Waals surface area contributed by atoms with Crippen LogP contribution in [-0.2, 0) is 11.8 Å². The van der Waals surface area contributed by atoms with Crippen molar-refractivity contribution in [3.8, 4) is 11.5 Å². The Hall–Kier alpha value is -4.12. The van der Waals surface area contributed by atoms with Crippen molar-refractivity contribution in [3.05, 3.63) is 120 Å². The van der Waals surface area contributed by atoms with E-state index in [-0.39, 0.29) is 17.1 Å². The summed E-state index contributed by atoms with van der Waals surface area (Å²) in [5, 5.41) is 0. The fraction of sp³-hybridized carbons (Fsp3) is 0.226. The molecule has 0 N–H and O–H groups in total. The molecule has 4 rings (SSSR count). The molecule has 5 nitrogen and oxygen atoms in total. The first-order valence-electron chi connectivity index (χ1n) is 12.0. The Labute approximate surface area is 212 Å². The van der Waals surface area contributed by atoms with Crippen molar-refractivity contribution in [1.29, 1.82) is 0 Å². The average molecular weight is 482 g/mol. The van der Waals surface area contributed by atoms with Gasteiger partial charge in [0, 0.05) is 29.5 Å². The van der Waals surface area contributed by atoms with Crippen LogP contribution in [0.2, 0.25) is 0 Å². The third kappa shape index (κ3) is 5.74. The second-order valence-electron chi connectivity index (χ2n) is 9.80. The van der Waals surface area contributed by atoms with Crippen molar-refractivity contribution in [2.24, 2.45) is 5.92 Å². The van der Waals surface area contributed by atoms with Crippen LogP contribution in [0.15, 0.2) is 103 Å². The lowest BCUT2D eigenvalue weighted by atomic mass is 9.82. The van der Waals surface area contributed by atoms with E-state index in [0.717, 1.165) is 16.9 Å². The van der Waals surface area contributed by atoms with Gasteiger partial charge in [-0.3, -0.25) is 9.69 Å². The Morgan fingerprint density at radius 3 is 2.22 bits per heavy atom. The van der Waals surface area contributed by atoms with Gasteiger partial charge in [0.1, 0.15) is 11.5 Å². The highest BCUT2D eigenvalue weighted by molar-refractivity contribution is 6.09. The van der Waals surface area contributed by atoms with E-state index in [1.807, 2.05) is 42.5 Å². The number of carbonyl (C=O) groups is 2. The van der Waals surface area contributed by atoms with Gasteiger partial charge in [-0.25, -0.2) is 4.79 Å². The van der Waals surface area contributed by atoms with Crippen LogP contribution in [0, 0.1) is 5.92 Å². The largest absolute Gasteiger partial charge is 0.496 e. The Morgan fingerprint density at radius 1 is 0.917 bits per heavy atom. The van der Waals surface area contributed by atoms with Gasteiger partial charge in [0.15, 0.2) is 5.78 Å². The third-order valence-corrected chi connectivity index (χ3v) is 6.14. The molecule has 1 atom stereocenters. The number of hydrogen-bond acceptors (Lipinski definition) is 4. The molecule has 3 aromatic carbocycles. The summed E-state index contributed by atoms with van der Waals surface area (Å²) in [6.07, 6.45) is 5.19. The summed E-state index contributed by atoms with van der Waals surface area (Å²) < 4.78 is 11.1. The number of benzene rings is 3. The van der Waals surface area contributed by atoms with Gasteiger partial charge >= 0.3 is 6.09 Å². The number of amides is 1. The number of hydrogen-bond donors (Lipinski definition) is 0. The molecule has 0 spiro atoms. The molecule has 0 aliphatic carbocycles. The molecule has 0 aromatic heterocycles. The summed E-state index contributed by atoms with van der Waals surface area (Å²) in [6.45, 7) is 6.45. The number of para-hydroxylation sites is 1.